The zero-order chi connectivity index (χ0) is 39.6. The van der Waals surface area contributed by atoms with Crippen LogP contribution in [-0.4, -0.2) is 24.9 Å². The van der Waals surface area contributed by atoms with Crippen LogP contribution in [0.5, 0.6) is 0 Å². The first-order valence-electron chi connectivity index (χ1n) is 20.1. The van der Waals surface area contributed by atoms with E-state index in [1.54, 1.807) is 0 Å². The third kappa shape index (κ3) is 5.91. The van der Waals surface area contributed by atoms with Gasteiger partial charge in [-0.2, -0.15) is 0 Å². The predicted octanol–water partition coefficient (Wildman–Crippen LogP) is 13.9. The van der Waals surface area contributed by atoms with E-state index in [0.717, 1.165) is 116 Å². The Morgan fingerprint density at radius 2 is 0.717 bits per heavy atom. The molecule has 0 bridgehead atoms. The molecule has 0 amide bonds. The molecular weight excluding hydrogens is 731 g/mol. The predicted molar refractivity (Wildman–Crippen MR) is 248 cm³/mol. The van der Waals surface area contributed by atoms with Crippen LogP contribution in [-0.2, 0) is 0 Å². The summed E-state index contributed by atoms with van der Waals surface area (Å²) in [6.45, 7) is 0. The number of para-hydroxylation sites is 1. The molecule has 0 spiro atoms. The van der Waals surface area contributed by atoms with Crippen LogP contribution in [0.1, 0.15) is 0 Å². The Morgan fingerprint density at radius 1 is 0.250 bits per heavy atom. The summed E-state index contributed by atoms with van der Waals surface area (Å²) in [5, 5.41) is 7.76. The quantitative estimate of drug-likeness (QED) is 0.163. The van der Waals surface area contributed by atoms with E-state index in [-0.39, 0.29) is 0 Å². The second-order valence-electron chi connectivity index (χ2n) is 15.3. The topological polar surface area (TPSA) is 64.5 Å². The fourth-order valence-electron chi connectivity index (χ4n) is 8.48. The number of aromatic nitrogens is 5. The van der Waals surface area contributed by atoms with Gasteiger partial charge in [-0.15, -0.1) is 0 Å². The molecule has 5 heterocycles. The van der Waals surface area contributed by atoms with Crippen molar-refractivity contribution in [3.63, 3.8) is 0 Å². The Bertz CT molecular complexity index is 3670. The van der Waals surface area contributed by atoms with Crippen LogP contribution >= 0.6 is 0 Å². The Morgan fingerprint density at radius 3 is 1.43 bits per heavy atom. The summed E-state index contributed by atoms with van der Waals surface area (Å²) in [5.74, 6) is 0. The summed E-state index contributed by atoms with van der Waals surface area (Å²) in [7, 11) is 0. The minimum atomic E-state index is 0.904. The molecule has 60 heavy (non-hydrogen) atoms. The molecule has 0 saturated carbocycles. The molecule has 0 aliphatic rings. The molecule has 5 nitrogen and oxygen atoms in total. The lowest BCUT2D eigenvalue weighted by atomic mass is 9.98. The van der Waals surface area contributed by atoms with Crippen LogP contribution in [0.2, 0.25) is 0 Å². The van der Waals surface area contributed by atoms with E-state index in [1.165, 1.54) is 5.39 Å². The van der Waals surface area contributed by atoms with Gasteiger partial charge in [-0.25, -0.2) is 19.9 Å². The van der Waals surface area contributed by atoms with Gasteiger partial charge in [-0.3, -0.25) is 4.98 Å². The van der Waals surface area contributed by atoms with Crippen LogP contribution in [0.4, 0.5) is 0 Å². The van der Waals surface area contributed by atoms with Crippen LogP contribution in [0.15, 0.2) is 200 Å². The van der Waals surface area contributed by atoms with Crippen molar-refractivity contribution in [1.29, 1.82) is 0 Å². The number of pyridine rings is 5. The second kappa shape index (κ2) is 13.8. The Balaban J connectivity index is 0.859. The van der Waals surface area contributed by atoms with Gasteiger partial charge in [0.15, 0.2) is 0 Å². The van der Waals surface area contributed by atoms with E-state index in [1.807, 2.05) is 30.5 Å². The number of benzene rings is 7. The molecule has 0 aliphatic heterocycles. The van der Waals surface area contributed by atoms with E-state index in [2.05, 4.69) is 175 Å². The summed E-state index contributed by atoms with van der Waals surface area (Å²) in [5.41, 5.74) is 14.8. The van der Waals surface area contributed by atoms with Gasteiger partial charge in [0.25, 0.3) is 0 Å². The van der Waals surface area contributed by atoms with Gasteiger partial charge in [0.2, 0.25) is 0 Å². The zero-order valence-corrected chi connectivity index (χ0v) is 32.3. The average molecular weight is 764 g/mol. The van der Waals surface area contributed by atoms with Crippen LogP contribution in [0, 0.1) is 0 Å². The van der Waals surface area contributed by atoms with Gasteiger partial charge in [-0.05, 0) is 76.5 Å². The molecular formula is C55H33N5. The summed E-state index contributed by atoms with van der Waals surface area (Å²) in [6.07, 6.45) is 1.84. The van der Waals surface area contributed by atoms with Crippen LogP contribution < -0.4 is 0 Å². The molecule has 5 aromatic heterocycles. The van der Waals surface area contributed by atoms with Gasteiger partial charge < -0.3 is 0 Å². The molecule has 278 valence electrons. The van der Waals surface area contributed by atoms with Crippen molar-refractivity contribution < 1.29 is 0 Å². The first kappa shape index (κ1) is 33.9. The minimum Gasteiger partial charge on any atom is -0.256 e. The maximum Gasteiger partial charge on any atom is 0.0972 e. The van der Waals surface area contributed by atoms with Gasteiger partial charge in [0.05, 0.1) is 50.4 Å². The summed E-state index contributed by atoms with van der Waals surface area (Å²) in [4.78, 5) is 25.2. The number of rotatable bonds is 5. The second-order valence-corrected chi connectivity index (χ2v) is 15.3. The SMILES string of the molecule is c1ccc(-c2ccc3ccc4ccc(-c5ccc6cc(-c7ccc8ccc(-c9ccc%10ccc(-c%11cccc%12cccnc%11%12)nc%10c9)nc8c7)ccc6c5)nc4c3n2)cc1. The van der Waals surface area contributed by atoms with Crippen molar-refractivity contribution in [1.82, 2.24) is 24.9 Å². The van der Waals surface area contributed by atoms with Gasteiger partial charge in [0, 0.05) is 55.4 Å². The van der Waals surface area contributed by atoms with Crippen molar-refractivity contribution >= 4 is 65.3 Å². The fourth-order valence-corrected chi connectivity index (χ4v) is 8.48. The lowest BCUT2D eigenvalue weighted by Gasteiger charge is -2.10. The van der Waals surface area contributed by atoms with E-state index >= 15 is 0 Å². The van der Waals surface area contributed by atoms with Gasteiger partial charge in [0.1, 0.15) is 0 Å². The van der Waals surface area contributed by atoms with Crippen molar-refractivity contribution in [2.45, 2.75) is 0 Å². The van der Waals surface area contributed by atoms with E-state index < -0.39 is 0 Å². The van der Waals surface area contributed by atoms with Crippen LogP contribution in [0.3, 0.4) is 0 Å². The zero-order valence-electron chi connectivity index (χ0n) is 32.3. The molecule has 0 unspecified atom stereocenters. The first-order valence-corrected chi connectivity index (χ1v) is 20.1. The molecule has 0 radical (unpaired) electrons. The van der Waals surface area contributed by atoms with Crippen molar-refractivity contribution in [2.75, 3.05) is 0 Å². The highest BCUT2D eigenvalue weighted by Crippen LogP contribution is 2.34. The van der Waals surface area contributed by atoms with E-state index in [4.69, 9.17) is 19.9 Å². The highest BCUT2D eigenvalue weighted by molar-refractivity contribution is 6.04. The molecule has 0 fully saturated rings. The first-order chi connectivity index (χ1) is 29.7. The fraction of sp³-hybridized carbons (Fsp3) is 0. The number of nitrogens with zero attached hydrogens (tertiary/aromatic N) is 5. The molecule has 5 heteroatoms. The molecule has 12 rings (SSSR count). The standard InChI is InChI=1S/C55H33N5/c1-2-6-34(7-3-1)47-26-23-38-13-14-39-24-27-49(60-55(39)54(38)59-47)44-20-18-40-30-41(16-17-42(40)31-44)43-15-11-35-21-25-48(57-51(35)32-43)45-19-12-36-22-28-50(58-52(36)33-45)46-10-4-8-37-9-5-29-56-53(37)46/h1-33H. The number of hydrogen-bond acceptors (Lipinski definition) is 5. The lowest BCUT2D eigenvalue weighted by Crippen LogP contribution is -1.91. The molecule has 0 N–H and O–H groups in total. The maximum absolute atomic E-state index is 5.20. The number of fused-ring (bicyclic) bond motifs is 7. The molecule has 0 aliphatic carbocycles. The van der Waals surface area contributed by atoms with E-state index in [0.29, 0.717) is 0 Å². The van der Waals surface area contributed by atoms with Crippen molar-refractivity contribution in [3.8, 4) is 56.2 Å². The lowest BCUT2D eigenvalue weighted by molar-refractivity contribution is 1.36. The minimum absolute atomic E-state index is 0.904. The normalized spacial score (nSPS) is 11.7. The Hall–Kier alpha value is -8.15. The highest BCUT2D eigenvalue weighted by atomic mass is 14.8. The maximum atomic E-state index is 5.20. The third-order valence-corrected chi connectivity index (χ3v) is 11.6. The van der Waals surface area contributed by atoms with Gasteiger partial charge in [-0.1, -0.05) is 140 Å². The smallest absolute Gasteiger partial charge is 0.0972 e. The van der Waals surface area contributed by atoms with Crippen LogP contribution in [0.25, 0.3) is 121 Å². The Kier molecular flexibility index (Phi) is 7.78. The molecule has 7 aromatic carbocycles. The largest absolute Gasteiger partial charge is 0.256 e. The number of hydrogen-bond donors (Lipinski definition) is 0. The van der Waals surface area contributed by atoms with Gasteiger partial charge >= 0.3 is 0 Å². The summed E-state index contributed by atoms with van der Waals surface area (Å²) >= 11 is 0. The average Bonchev–Trinajstić information content (AvgIpc) is 3.32. The highest BCUT2D eigenvalue weighted by Gasteiger charge is 2.12. The van der Waals surface area contributed by atoms with E-state index in [9.17, 15) is 0 Å². The van der Waals surface area contributed by atoms with Crippen molar-refractivity contribution in [2.24, 2.45) is 0 Å². The molecule has 12 aromatic rings. The van der Waals surface area contributed by atoms with Crippen molar-refractivity contribution in [3.05, 3.63) is 200 Å². The summed E-state index contributed by atoms with van der Waals surface area (Å²) in [6, 6.07) is 68.0. The molecule has 0 saturated heterocycles. The Labute approximate surface area is 345 Å². The third-order valence-electron chi connectivity index (χ3n) is 11.6. The summed E-state index contributed by atoms with van der Waals surface area (Å²) < 4.78 is 0. The molecule has 0 atom stereocenters. The monoisotopic (exact) mass is 763 g/mol.